The number of nitrogens with zero attached hydrogens (tertiary/aromatic N) is 1. The second-order valence-electron chi connectivity index (χ2n) is 5.05. The topological polar surface area (TPSA) is 34.1 Å². The fraction of sp³-hybridized carbons (Fsp3) is 0.353. The smallest absolute Gasteiger partial charge is 0.148 e. The molecule has 2 aromatic rings. The quantitative estimate of drug-likeness (QED) is 0.843. The van der Waals surface area contributed by atoms with Gasteiger partial charge in [0.25, 0.3) is 0 Å². The number of ether oxygens (including phenoxy) is 1. The van der Waals surface area contributed by atoms with E-state index < -0.39 is 0 Å². The Morgan fingerprint density at radius 3 is 2.62 bits per heavy atom. The van der Waals surface area contributed by atoms with Gasteiger partial charge in [-0.1, -0.05) is 22.9 Å². The largest absolute Gasteiger partial charge is 0.455 e. The van der Waals surface area contributed by atoms with Crippen molar-refractivity contribution in [3.63, 3.8) is 0 Å². The van der Waals surface area contributed by atoms with Crippen molar-refractivity contribution in [3.05, 3.63) is 51.8 Å². The van der Waals surface area contributed by atoms with Gasteiger partial charge in [0.05, 0.1) is 5.69 Å². The van der Waals surface area contributed by atoms with Crippen molar-refractivity contribution in [1.29, 1.82) is 0 Å². The van der Waals surface area contributed by atoms with E-state index in [0.717, 1.165) is 39.3 Å². The first kappa shape index (κ1) is 16.0. The molecule has 0 aliphatic rings. The molecule has 0 aliphatic heterocycles. The van der Waals surface area contributed by atoms with Gasteiger partial charge in [0.1, 0.15) is 11.5 Å². The molecular formula is C17H21BrN2O. The maximum Gasteiger partial charge on any atom is 0.148 e. The van der Waals surface area contributed by atoms with Gasteiger partial charge in [-0.25, -0.2) is 0 Å². The summed E-state index contributed by atoms with van der Waals surface area (Å²) in [5.41, 5.74) is 3.12. The van der Waals surface area contributed by atoms with Gasteiger partial charge in [0.2, 0.25) is 0 Å². The normalized spacial score (nSPS) is 12.2. The Kier molecular flexibility index (Phi) is 5.37. The van der Waals surface area contributed by atoms with Crippen LogP contribution < -0.4 is 10.1 Å². The van der Waals surface area contributed by atoms with Gasteiger partial charge in [-0.3, -0.25) is 4.98 Å². The third-order valence-electron chi connectivity index (χ3n) is 3.50. The zero-order chi connectivity index (χ0) is 15.4. The molecule has 21 heavy (non-hydrogen) atoms. The molecule has 1 aromatic carbocycles. The van der Waals surface area contributed by atoms with E-state index in [9.17, 15) is 0 Å². The maximum atomic E-state index is 6.14. The van der Waals surface area contributed by atoms with Crippen LogP contribution >= 0.6 is 15.9 Å². The number of halogens is 1. The molecule has 0 bridgehead atoms. The van der Waals surface area contributed by atoms with E-state index in [4.69, 9.17) is 4.74 Å². The van der Waals surface area contributed by atoms with Crippen molar-refractivity contribution in [2.45, 2.75) is 33.2 Å². The predicted molar refractivity (Wildman–Crippen MR) is 90.0 cm³/mol. The molecule has 3 nitrogen and oxygen atoms in total. The Bertz CT molecular complexity index is 628. The summed E-state index contributed by atoms with van der Waals surface area (Å²) in [6.07, 6.45) is 0.852. The minimum atomic E-state index is 0.209. The predicted octanol–water partition coefficient (Wildman–Crippen LogP) is 4.79. The molecule has 0 saturated heterocycles. The van der Waals surface area contributed by atoms with Gasteiger partial charge in [-0.15, -0.1) is 0 Å². The first-order chi connectivity index (χ1) is 10.0. The van der Waals surface area contributed by atoms with Crippen LogP contribution in [0.2, 0.25) is 0 Å². The molecule has 0 fully saturated rings. The molecule has 0 radical (unpaired) electrons. The summed E-state index contributed by atoms with van der Waals surface area (Å²) in [5.74, 6) is 1.69. The number of nitrogens with one attached hydrogen (secondary N) is 1. The van der Waals surface area contributed by atoms with Crippen LogP contribution in [0, 0.1) is 6.92 Å². The molecule has 2 rings (SSSR count). The van der Waals surface area contributed by atoms with Crippen molar-refractivity contribution in [2.75, 3.05) is 7.05 Å². The number of pyridine rings is 1. The average Bonchev–Trinajstić information content (AvgIpc) is 2.49. The fourth-order valence-corrected chi connectivity index (χ4v) is 2.55. The number of aryl methyl sites for hydroxylation is 2. The SMILES string of the molecule is CCc1nc(C)ccc1Oc1ccc(Br)cc1C(C)NC. The molecule has 1 unspecified atom stereocenters. The zero-order valence-corrected chi connectivity index (χ0v) is 14.5. The maximum absolute atomic E-state index is 6.14. The Labute approximate surface area is 134 Å². The summed E-state index contributed by atoms with van der Waals surface area (Å²) >= 11 is 3.52. The lowest BCUT2D eigenvalue weighted by molar-refractivity contribution is 0.457. The number of hydrogen-bond acceptors (Lipinski definition) is 3. The number of aromatic nitrogens is 1. The highest BCUT2D eigenvalue weighted by Crippen LogP contribution is 2.33. The summed E-state index contributed by atoms with van der Waals surface area (Å²) in [6, 6.07) is 10.3. The van der Waals surface area contributed by atoms with Gasteiger partial charge < -0.3 is 10.1 Å². The molecule has 0 spiro atoms. The van der Waals surface area contributed by atoms with Crippen LogP contribution in [0.15, 0.2) is 34.8 Å². The summed E-state index contributed by atoms with van der Waals surface area (Å²) in [4.78, 5) is 4.55. The summed E-state index contributed by atoms with van der Waals surface area (Å²) in [5, 5.41) is 3.26. The minimum absolute atomic E-state index is 0.209. The van der Waals surface area contributed by atoms with E-state index in [2.05, 4.69) is 46.1 Å². The monoisotopic (exact) mass is 348 g/mol. The minimum Gasteiger partial charge on any atom is -0.455 e. The van der Waals surface area contributed by atoms with Crippen molar-refractivity contribution >= 4 is 15.9 Å². The van der Waals surface area contributed by atoms with E-state index in [0.29, 0.717) is 0 Å². The van der Waals surface area contributed by atoms with E-state index in [1.807, 2.05) is 38.2 Å². The van der Waals surface area contributed by atoms with Gasteiger partial charge in [-0.05, 0) is 57.6 Å². The first-order valence-corrected chi connectivity index (χ1v) is 7.95. The third-order valence-corrected chi connectivity index (χ3v) is 3.99. The second kappa shape index (κ2) is 7.05. The van der Waals surface area contributed by atoms with Crippen molar-refractivity contribution in [2.24, 2.45) is 0 Å². The average molecular weight is 349 g/mol. The van der Waals surface area contributed by atoms with Crippen LogP contribution in [0.3, 0.4) is 0 Å². The Morgan fingerprint density at radius 1 is 1.24 bits per heavy atom. The lowest BCUT2D eigenvalue weighted by Crippen LogP contribution is -2.13. The first-order valence-electron chi connectivity index (χ1n) is 7.16. The van der Waals surface area contributed by atoms with Gasteiger partial charge >= 0.3 is 0 Å². The van der Waals surface area contributed by atoms with Crippen LogP contribution in [-0.4, -0.2) is 12.0 Å². The molecule has 1 N–H and O–H groups in total. The summed E-state index contributed by atoms with van der Waals surface area (Å²) in [7, 11) is 1.94. The van der Waals surface area contributed by atoms with E-state index in [1.54, 1.807) is 0 Å². The van der Waals surface area contributed by atoms with Crippen molar-refractivity contribution in [1.82, 2.24) is 10.3 Å². The number of hydrogen-bond donors (Lipinski definition) is 1. The van der Waals surface area contributed by atoms with E-state index in [-0.39, 0.29) is 6.04 Å². The standard InChI is InChI=1S/C17H21BrN2O/c1-5-15-17(8-6-11(2)20-15)21-16-9-7-13(18)10-14(16)12(3)19-4/h6-10,12,19H,5H2,1-4H3. The zero-order valence-electron chi connectivity index (χ0n) is 12.9. The molecule has 1 aromatic heterocycles. The molecule has 1 atom stereocenters. The van der Waals surface area contributed by atoms with Gasteiger partial charge in [0.15, 0.2) is 0 Å². The highest BCUT2D eigenvalue weighted by Gasteiger charge is 2.13. The third kappa shape index (κ3) is 3.83. The lowest BCUT2D eigenvalue weighted by Gasteiger charge is -2.18. The van der Waals surface area contributed by atoms with Crippen molar-refractivity contribution in [3.8, 4) is 11.5 Å². The molecule has 4 heteroatoms. The Hall–Kier alpha value is -1.39. The van der Waals surface area contributed by atoms with E-state index >= 15 is 0 Å². The fourth-order valence-electron chi connectivity index (χ4n) is 2.17. The molecule has 0 saturated carbocycles. The Morgan fingerprint density at radius 2 is 1.95 bits per heavy atom. The highest BCUT2D eigenvalue weighted by atomic mass is 79.9. The number of rotatable bonds is 5. The second-order valence-corrected chi connectivity index (χ2v) is 5.96. The van der Waals surface area contributed by atoms with Crippen molar-refractivity contribution < 1.29 is 4.74 Å². The van der Waals surface area contributed by atoms with Crippen LogP contribution in [0.4, 0.5) is 0 Å². The molecular weight excluding hydrogens is 328 g/mol. The van der Waals surface area contributed by atoms with Crippen LogP contribution in [0.25, 0.3) is 0 Å². The van der Waals surface area contributed by atoms with Crippen LogP contribution in [-0.2, 0) is 6.42 Å². The molecule has 112 valence electrons. The van der Waals surface area contributed by atoms with Crippen LogP contribution in [0.5, 0.6) is 11.5 Å². The summed E-state index contributed by atoms with van der Waals surface area (Å²) < 4.78 is 7.19. The molecule has 1 heterocycles. The van der Waals surface area contributed by atoms with E-state index in [1.165, 1.54) is 0 Å². The van der Waals surface area contributed by atoms with Crippen LogP contribution in [0.1, 0.15) is 36.8 Å². The highest BCUT2D eigenvalue weighted by molar-refractivity contribution is 9.10. The summed E-state index contributed by atoms with van der Waals surface area (Å²) in [6.45, 7) is 6.20. The number of benzene rings is 1. The molecule has 0 aliphatic carbocycles. The van der Waals surface area contributed by atoms with Gasteiger partial charge in [-0.2, -0.15) is 0 Å². The lowest BCUT2D eigenvalue weighted by atomic mass is 10.1. The Balaban J connectivity index is 2.40. The van der Waals surface area contributed by atoms with Gasteiger partial charge in [0, 0.05) is 21.8 Å². The molecule has 0 amide bonds.